The molecule has 0 saturated carbocycles. The van der Waals surface area contributed by atoms with Crippen LogP contribution in [0.5, 0.6) is 17.2 Å². The molecule has 0 saturated heterocycles. The van der Waals surface area contributed by atoms with Crippen molar-refractivity contribution in [3.05, 3.63) is 53.1 Å². The van der Waals surface area contributed by atoms with Gasteiger partial charge in [-0.2, -0.15) is 0 Å². The number of benzene rings is 2. The van der Waals surface area contributed by atoms with Crippen LogP contribution in [0.15, 0.2) is 36.4 Å². The van der Waals surface area contributed by atoms with Gasteiger partial charge >= 0.3 is 5.97 Å². The van der Waals surface area contributed by atoms with E-state index < -0.39 is 5.97 Å². The summed E-state index contributed by atoms with van der Waals surface area (Å²) >= 11 is 0. The number of fused-ring (bicyclic) bond motifs is 1. The van der Waals surface area contributed by atoms with Gasteiger partial charge in [-0.1, -0.05) is 12.1 Å². The fourth-order valence-electron chi connectivity index (χ4n) is 3.49. The van der Waals surface area contributed by atoms with E-state index in [4.69, 9.17) is 14.2 Å². The third-order valence-electron chi connectivity index (χ3n) is 4.79. The first kappa shape index (κ1) is 18.8. The normalized spacial score (nSPS) is 15.7. The number of rotatable bonds is 6. The Kier molecular flexibility index (Phi) is 5.64. The molecule has 0 aromatic heterocycles. The second-order valence-electron chi connectivity index (χ2n) is 6.46. The van der Waals surface area contributed by atoms with Gasteiger partial charge in [0.25, 0.3) is 0 Å². The molecule has 1 amide bonds. The van der Waals surface area contributed by atoms with E-state index in [0.29, 0.717) is 24.5 Å². The van der Waals surface area contributed by atoms with Crippen LogP contribution >= 0.6 is 0 Å². The summed E-state index contributed by atoms with van der Waals surface area (Å²) in [5, 5.41) is 0. The molecule has 0 fully saturated rings. The van der Waals surface area contributed by atoms with Gasteiger partial charge in [-0.25, -0.2) is 0 Å². The summed E-state index contributed by atoms with van der Waals surface area (Å²) in [6.45, 7) is 2.01. The predicted molar refractivity (Wildman–Crippen MR) is 100 cm³/mol. The Morgan fingerprint density at radius 1 is 1.15 bits per heavy atom. The molecule has 6 nitrogen and oxygen atoms in total. The number of esters is 1. The summed E-state index contributed by atoms with van der Waals surface area (Å²) < 4.78 is 15.8. The second-order valence-corrected chi connectivity index (χ2v) is 6.46. The second kappa shape index (κ2) is 8.12. The number of amides is 1. The summed E-state index contributed by atoms with van der Waals surface area (Å²) in [7, 11) is 3.18. The topological polar surface area (TPSA) is 65.1 Å². The molecule has 0 aliphatic carbocycles. The van der Waals surface area contributed by atoms with Crippen LogP contribution in [0.3, 0.4) is 0 Å². The van der Waals surface area contributed by atoms with Crippen LogP contribution in [-0.2, 0) is 22.4 Å². The van der Waals surface area contributed by atoms with Crippen LogP contribution < -0.4 is 14.2 Å². The number of ether oxygens (including phenoxy) is 3. The van der Waals surface area contributed by atoms with Crippen LogP contribution in [0.2, 0.25) is 0 Å². The van der Waals surface area contributed by atoms with Gasteiger partial charge in [-0.05, 0) is 53.8 Å². The highest BCUT2D eigenvalue weighted by Crippen LogP contribution is 2.35. The van der Waals surface area contributed by atoms with Crippen molar-refractivity contribution in [1.82, 2.24) is 4.90 Å². The Morgan fingerprint density at radius 2 is 1.96 bits per heavy atom. The van der Waals surface area contributed by atoms with Gasteiger partial charge in [0.2, 0.25) is 6.41 Å². The van der Waals surface area contributed by atoms with Crippen LogP contribution in [0, 0.1) is 0 Å². The Morgan fingerprint density at radius 3 is 2.63 bits per heavy atom. The lowest BCUT2D eigenvalue weighted by Crippen LogP contribution is -2.35. The van der Waals surface area contributed by atoms with Gasteiger partial charge in [-0.3, -0.25) is 9.59 Å². The first-order valence-electron chi connectivity index (χ1n) is 8.79. The largest absolute Gasteiger partial charge is 0.497 e. The van der Waals surface area contributed by atoms with Crippen LogP contribution in [0.1, 0.15) is 29.7 Å². The Hall–Kier alpha value is -3.02. The average molecular weight is 369 g/mol. The lowest BCUT2D eigenvalue weighted by atomic mass is 9.89. The van der Waals surface area contributed by atoms with Crippen LogP contribution in [0.4, 0.5) is 0 Å². The summed E-state index contributed by atoms with van der Waals surface area (Å²) in [6, 6.07) is 11.4. The minimum Gasteiger partial charge on any atom is -0.497 e. The highest BCUT2D eigenvalue weighted by Gasteiger charge is 2.27. The first-order chi connectivity index (χ1) is 13.0. The van der Waals surface area contributed by atoms with Crippen molar-refractivity contribution in [2.75, 3.05) is 20.8 Å². The molecule has 6 heteroatoms. The highest BCUT2D eigenvalue weighted by molar-refractivity contribution is 5.70. The fraction of sp³-hybridized carbons (Fsp3) is 0.333. The van der Waals surface area contributed by atoms with Gasteiger partial charge in [0.1, 0.15) is 5.75 Å². The standard InChI is InChI=1S/C21H23NO5/c1-14(24)27-21-11-15(4-7-20(21)26-3)10-19-18-6-5-17(25-2)12-16(18)8-9-22(19)13-23/h4-7,11-13,19H,8-10H2,1-3H3. The molecule has 1 aliphatic heterocycles. The molecule has 1 unspecified atom stereocenters. The molecule has 142 valence electrons. The SMILES string of the molecule is COc1ccc2c(c1)CCN(C=O)C2Cc1ccc(OC)c(OC(C)=O)c1. The van der Waals surface area contributed by atoms with Crippen molar-refractivity contribution in [2.45, 2.75) is 25.8 Å². The van der Waals surface area contributed by atoms with Crippen molar-refractivity contribution in [2.24, 2.45) is 0 Å². The van der Waals surface area contributed by atoms with Gasteiger partial charge < -0.3 is 19.1 Å². The molecule has 0 N–H and O–H groups in total. The lowest BCUT2D eigenvalue weighted by Gasteiger charge is -2.35. The quantitative estimate of drug-likeness (QED) is 0.445. The van der Waals surface area contributed by atoms with E-state index in [9.17, 15) is 9.59 Å². The van der Waals surface area contributed by atoms with Crippen molar-refractivity contribution >= 4 is 12.4 Å². The van der Waals surface area contributed by atoms with Crippen LogP contribution in [0.25, 0.3) is 0 Å². The number of carbonyl (C=O) groups is 2. The van der Waals surface area contributed by atoms with E-state index in [1.165, 1.54) is 19.6 Å². The summed E-state index contributed by atoms with van der Waals surface area (Å²) in [5.41, 5.74) is 3.25. The highest BCUT2D eigenvalue weighted by atomic mass is 16.6. The number of carbonyl (C=O) groups excluding carboxylic acids is 2. The van der Waals surface area contributed by atoms with Gasteiger partial charge in [0.05, 0.1) is 20.3 Å². The van der Waals surface area contributed by atoms with Gasteiger partial charge in [0, 0.05) is 13.5 Å². The molecule has 0 spiro atoms. The van der Waals surface area contributed by atoms with E-state index in [1.807, 2.05) is 29.2 Å². The van der Waals surface area contributed by atoms with Gasteiger partial charge in [0.15, 0.2) is 11.5 Å². The zero-order valence-corrected chi connectivity index (χ0v) is 15.7. The Bertz CT molecular complexity index is 848. The molecule has 27 heavy (non-hydrogen) atoms. The van der Waals surface area contributed by atoms with Gasteiger partial charge in [-0.15, -0.1) is 0 Å². The zero-order chi connectivity index (χ0) is 19.4. The smallest absolute Gasteiger partial charge is 0.308 e. The molecule has 1 atom stereocenters. The Balaban J connectivity index is 1.94. The van der Waals surface area contributed by atoms with E-state index in [0.717, 1.165) is 29.7 Å². The number of methoxy groups -OCH3 is 2. The molecular formula is C21H23NO5. The molecule has 2 aromatic carbocycles. The first-order valence-corrected chi connectivity index (χ1v) is 8.79. The maximum Gasteiger partial charge on any atom is 0.308 e. The summed E-state index contributed by atoms with van der Waals surface area (Å²) in [5.74, 6) is 1.28. The molecular weight excluding hydrogens is 346 g/mol. The summed E-state index contributed by atoms with van der Waals surface area (Å²) in [6.07, 6.45) is 2.30. The van der Waals surface area contributed by atoms with Crippen molar-refractivity contribution in [3.63, 3.8) is 0 Å². The molecule has 1 heterocycles. The molecule has 0 radical (unpaired) electrons. The Labute approximate surface area is 158 Å². The monoisotopic (exact) mass is 369 g/mol. The number of hydrogen-bond donors (Lipinski definition) is 0. The van der Waals surface area contributed by atoms with E-state index in [1.54, 1.807) is 19.2 Å². The number of hydrogen-bond acceptors (Lipinski definition) is 5. The maximum atomic E-state index is 11.6. The van der Waals surface area contributed by atoms with Crippen molar-refractivity contribution in [3.8, 4) is 17.2 Å². The maximum absolute atomic E-state index is 11.6. The molecule has 1 aliphatic rings. The molecule has 0 bridgehead atoms. The number of nitrogens with zero attached hydrogens (tertiary/aromatic N) is 1. The average Bonchev–Trinajstić information content (AvgIpc) is 2.67. The van der Waals surface area contributed by atoms with Crippen molar-refractivity contribution in [1.29, 1.82) is 0 Å². The van der Waals surface area contributed by atoms with E-state index >= 15 is 0 Å². The lowest BCUT2D eigenvalue weighted by molar-refractivity contribution is -0.132. The zero-order valence-electron chi connectivity index (χ0n) is 15.7. The van der Waals surface area contributed by atoms with Crippen molar-refractivity contribution < 1.29 is 23.8 Å². The minimum atomic E-state index is -0.407. The van der Waals surface area contributed by atoms with E-state index in [2.05, 4.69) is 0 Å². The molecule has 3 rings (SSSR count). The van der Waals surface area contributed by atoms with Crippen LogP contribution in [-0.4, -0.2) is 38.0 Å². The fourth-order valence-corrected chi connectivity index (χ4v) is 3.49. The third kappa shape index (κ3) is 4.05. The molecule has 2 aromatic rings. The summed E-state index contributed by atoms with van der Waals surface area (Å²) in [4.78, 5) is 24.8. The minimum absolute atomic E-state index is 0.0873. The third-order valence-corrected chi connectivity index (χ3v) is 4.79. The van der Waals surface area contributed by atoms with E-state index in [-0.39, 0.29) is 6.04 Å². The predicted octanol–water partition coefficient (Wildman–Crippen LogP) is 2.93.